The van der Waals surface area contributed by atoms with Gasteiger partial charge in [0.2, 0.25) is 5.91 Å². The van der Waals surface area contributed by atoms with Crippen LogP contribution in [0.4, 0.5) is 8.78 Å². The molecule has 0 aliphatic rings. The van der Waals surface area contributed by atoms with Gasteiger partial charge in [-0.15, -0.1) is 0 Å². The zero-order chi connectivity index (χ0) is 15.7. The Kier molecular flexibility index (Phi) is 3.38. The number of benzene rings is 1. The molecule has 1 aromatic carbocycles. The molecule has 0 bridgehead atoms. The van der Waals surface area contributed by atoms with Crippen molar-refractivity contribution in [3.05, 3.63) is 53.9 Å². The summed E-state index contributed by atoms with van der Waals surface area (Å²) in [7, 11) is 0. The Labute approximate surface area is 123 Å². The number of aromatic nitrogens is 3. The summed E-state index contributed by atoms with van der Waals surface area (Å²) in [5, 5.41) is 0. The molecule has 0 atom stereocenters. The molecule has 0 unspecified atom stereocenters. The molecule has 7 heteroatoms. The summed E-state index contributed by atoms with van der Waals surface area (Å²) in [4.78, 5) is 22.1. The first-order chi connectivity index (χ1) is 10.5. The van der Waals surface area contributed by atoms with E-state index in [2.05, 4.69) is 15.0 Å². The Morgan fingerprint density at radius 1 is 1.32 bits per heavy atom. The molecule has 3 N–H and O–H groups in total. The molecule has 0 saturated carbocycles. The molecule has 2 heterocycles. The maximum Gasteiger partial charge on any atom is 0.241 e. The second kappa shape index (κ2) is 5.36. The third-order valence-electron chi connectivity index (χ3n) is 3.04. The summed E-state index contributed by atoms with van der Waals surface area (Å²) in [5.41, 5.74) is 6.98. The minimum Gasteiger partial charge on any atom is -0.366 e. The van der Waals surface area contributed by atoms with Crippen molar-refractivity contribution in [2.24, 2.45) is 5.73 Å². The normalized spacial score (nSPS) is 11.4. The molecule has 0 spiro atoms. The Hall–Kier alpha value is -3.09. The molecule has 0 saturated heterocycles. The number of fused-ring (bicyclic) bond motifs is 1. The molecule has 2 aromatic heterocycles. The van der Waals surface area contributed by atoms with Gasteiger partial charge in [0.1, 0.15) is 17.2 Å². The Balaban J connectivity index is 2.12. The zero-order valence-corrected chi connectivity index (χ0v) is 11.2. The van der Waals surface area contributed by atoms with E-state index in [1.165, 1.54) is 24.4 Å². The fourth-order valence-electron chi connectivity index (χ4n) is 2.04. The summed E-state index contributed by atoms with van der Waals surface area (Å²) in [6.07, 6.45) is 5.67. The Morgan fingerprint density at radius 2 is 2.14 bits per heavy atom. The van der Waals surface area contributed by atoms with Gasteiger partial charge in [0, 0.05) is 29.5 Å². The lowest BCUT2D eigenvalue weighted by Crippen LogP contribution is -2.05. The number of hydrogen-bond donors (Lipinski definition) is 2. The fraction of sp³-hybridized carbons (Fsp3) is 0. The van der Waals surface area contributed by atoms with Crippen LogP contribution in [0, 0.1) is 11.6 Å². The van der Waals surface area contributed by atoms with Crippen LogP contribution in [0.25, 0.3) is 28.5 Å². The molecule has 22 heavy (non-hydrogen) atoms. The van der Waals surface area contributed by atoms with Gasteiger partial charge < -0.3 is 10.7 Å². The number of hydrogen-bond acceptors (Lipinski definition) is 3. The number of rotatable bonds is 3. The van der Waals surface area contributed by atoms with Crippen LogP contribution in [0.15, 0.2) is 36.7 Å². The van der Waals surface area contributed by atoms with E-state index >= 15 is 0 Å². The highest BCUT2D eigenvalue weighted by atomic mass is 19.1. The van der Waals surface area contributed by atoms with Crippen molar-refractivity contribution in [2.45, 2.75) is 0 Å². The Morgan fingerprint density at radius 3 is 2.86 bits per heavy atom. The minimum atomic E-state index is -0.724. The Bertz CT molecular complexity index is 902. The van der Waals surface area contributed by atoms with Crippen LogP contribution in [0.2, 0.25) is 0 Å². The molecule has 5 nitrogen and oxygen atoms in total. The molecule has 3 rings (SSSR count). The zero-order valence-electron chi connectivity index (χ0n) is 11.2. The average molecular weight is 300 g/mol. The first-order valence-corrected chi connectivity index (χ1v) is 6.31. The fourth-order valence-corrected chi connectivity index (χ4v) is 2.04. The molecule has 1 amide bonds. The largest absolute Gasteiger partial charge is 0.366 e. The maximum atomic E-state index is 13.8. The van der Waals surface area contributed by atoms with Crippen LogP contribution in [-0.2, 0) is 4.79 Å². The van der Waals surface area contributed by atoms with Gasteiger partial charge in [0.05, 0.1) is 11.9 Å². The van der Waals surface area contributed by atoms with Gasteiger partial charge in [-0.05, 0) is 18.2 Å². The van der Waals surface area contributed by atoms with Crippen molar-refractivity contribution >= 4 is 23.1 Å². The van der Waals surface area contributed by atoms with E-state index in [4.69, 9.17) is 5.73 Å². The summed E-state index contributed by atoms with van der Waals surface area (Å²) in [5.74, 6) is -1.98. The number of primary amides is 1. The summed E-state index contributed by atoms with van der Waals surface area (Å²) >= 11 is 0. The number of nitrogens with two attached hydrogens (primary N) is 1. The third kappa shape index (κ3) is 2.56. The van der Waals surface area contributed by atoms with E-state index < -0.39 is 17.5 Å². The van der Waals surface area contributed by atoms with Gasteiger partial charge in [-0.1, -0.05) is 0 Å². The van der Waals surface area contributed by atoms with Crippen LogP contribution in [0.1, 0.15) is 5.56 Å². The average Bonchev–Trinajstić information content (AvgIpc) is 2.87. The molecule has 0 radical (unpaired) electrons. The molecule has 0 aliphatic carbocycles. The number of carbonyl (C=O) groups is 1. The predicted octanol–water partition coefficient (Wildman–Crippen LogP) is 2.40. The van der Waals surface area contributed by atoms with E-state index in [1.807, 2.05) is 0 Å². The summed E-state index contributed by atoms with van der Waals surface area (Å²) in [6, 6.07) is 3.23. The standard InChI is InChI=1S/C15H10F2N4O/c16-9-2-3-10(11(17)5-9)12-7-20-15-14(21-12)8(6-19-15)1-4-13(18)22/h1-7H,(H2,18,22)(H,19,20). The van der Waals surface area contributed by atoms with E-state index in [0.29, 0.717) is 16.7 Å². The minimum absolute atomic E-state index is 0.141. The van der Waals surface area contributed by atoms with Gasteiger partial charge >= 0.3 is 0 Å². The molecule has 3 aromatic rings. The van der Waals surface area contributed by atoms with Gasteiger partial charge in [0.25, 0.3) is 0 Å². The highest BCUT2D eigenvalue weighted by molar-refractivity contribution is 5.93. The van der Waals surface area contributed by atoms with Crippen LogP contribution in [0.3, 0.4) is 0 Å². The van der Waals surface area contributed by atoms with E-state index in [-0.39, 0.29) is 11.3 Å². The number of nitrogens with one attached hydrogen (secondary N) is 1. The second-order valence-electron chi connectivity index (χ2n) is 4.56. The quantitative estimate of drug-likeness (QED) is 0.728. The van der Waals surface area contributed by atoms with E-state index in [0.717, 1.165) is 12.1 Å². The van der Waals surface area contributed by atoms with Crippen LogP contribution in [-0.4, -0.2) is 20.9 Å². The smallest absolute Gasteiger partial charge is 0.241 e. The lowest BCUT2D eigenvalue weighted by molar-refractivity contribution is -0.113. The highest BCUT2D eigenvalue weighted by Crippen LogP contribution is 2.24. The van der Waals surface area contributed by atoms with Gasteiger partial charge in [-0.2, -0.15) is 0 Å². The van der Waals surface area contributed by atoms with Crippen molar-refractivity contribution in [2.75, 3.05) is 0 Å². The van der Waals surface area contributed by atoms with Gasteiger partial charge in [-0.25, -0.2) is 18.7 Å². The summed E-state index contributed by atoms with van der Waals surface area (Å²) < 4.78 is 26.8. The number of amides is 1. The van der Waals surface area contributed by atoms with Gasteiger partial charge in [-0.3, -0.25) is 4.79 Å². The van der Waals surface area contributed by atoms with Crippen molar-refractivity contribution in [1.82, 2.24) is 15.0 Å². The molecule has 0 fully saturated rings. The lowest BCUT2D eigenvalue weighted by atomic mass is 10.1. The maximum absolute atomic E-state index is 13.8. The molecular formula is C15H10F2N4O. The summed E-state index contributed by atoms with van der Waals surface area (Å²) in [6.45, 7) is 0. The monoisotopic (exact) mass is 300 g/mol. The SMILES string of the molecule is NC(=O)C=Cc1c[nH]c2ncc(-c3ccc(F)cc3F)nc12. The second-order valence-corrected chi connectivity index (χ2v) is 4.56. The number of aromatic amines is 1. The lowest BCUT2D eigenvalue weighted by Gasteiger charge is -2.03. The predicted molar refractivity (Wildman–Crippen MR) is 77.5 cm³/mol. The number of halogens is 2. The van der Waals surface area contributed by atoms with Crippen LogP contribution >= 0.6 is 0 Å². The molecular weight excluding hydrogens is 290 g/mol. The number of carbonyl (C=O) groups excluding carboxylic acids is 1. The first kappa shape index (κ1) is 13.9. The highest BCUT2D eigenvalue weighted by Gasteiger charge is 2.11. The van der Waals surface area contributed by atoms with Crippen molar-refractivity contribution in [3.8, 4) is 11.3 Å². The number of nitrogens with zero attached hydrogens (tertiary/aromatic N) is 2. The van der Waals surface area contributed by atoms with Crippen molar-refractivity contribution in [1.29, 1.82) is 0 Å². The topological polar surface area (TPSA) is 84.7 Å². The third-order valence-corrected chi connectivity index (χ3v) is 3.04. The number of H-pyrrole nitrogens is 1. The van der Waals surface area contributed by atoms with E-state index in [9.17, 15) is 13.6 Å². The molecule has 110 valence electrons. The van der Waals surface area contributed by atoms with Crippen molar-refractivity contribution in [3.63, 3.8) is 0 Å². The van der Waals surface area contributed by atoms with Crippen LogP contribution in [0.5, 0.6) is 0 Å². The van der Waals surface area contributed by atoms with Gasteiger partial charge in [0.15, 0.2) is 5.65 Å². The first-order valence-electron chi connectivity index (χ1n) is 6.31. The van der Waals surface area contributed by atoms with E-state index in [1.54, 1.807) is 6.20 Å². The van der Waals surface area contributed by atoms with Crippen molar-refractivity contribution < 1.29 is 13.6 Å². The molecule has 0 aliphatic heterocycles. The van der Waals surface area contributed by atoms with Crippen LogP contribution < -0.4 is 5.73 Å².